The van der Waals surface area contributed by atoms with Gasteiger partial charge in [0.05, 0.1) is 10.6 Å². The number of para-hydroxylation sites is 1. The molecule has 1 aromatic carbocycles. The molecule has 0 aliphatic rings. The van der Waals surface area contributed by atoms with Crippen molar-refractivity contribution in [1.29, 1.82) is 0 Å². The average molecular weight is 281 g/mol. The van der Waals surface area contributed by atoms with Crippen LogP contribution in [-0.2, 0) is 6.61 Å². The number of amides is 1. The number of rotatable bonds is 4. The number of halogens is 1. The Morgan fingerprint density at radius 3 is 2.89 bits per heavy atom. The van der Waals surface area contributed by atoms with E-state index in [1.807, 2.05) is 12.1 Å². The third kappa shape index (κ3) is 3.07. The summed E-state index contributed by atoms with van der Waals surface area (Å²) in [5.74, 6) is 6.25. The van der Waals surface area contributed by atoms with Gasteiger partial charge in [-0.25, -0.2) is 5.84 Å². The van der Waals surface area contributed by atoms with Crippen molar-refractivity contribution in [1.82, 2.24) is 5.43 Å². The number of furan rings is 1. The molecule has 0 fully saturated rings. The van der Waals surface area contributed by atoms with Crippen LogP contribution in [0.25, 0.3) is 0 Å². The molecule has 1 heterocycles. The zero-order valence-electron chi connectivity index (χ0n) is 10.3. The number of nitrogens with two attached hydrogens (primary N) is 1. The fourth-order valence-electron chi connectivity index (χ4n) is 1.63. The highest BCUT2D eigenvalue weighted by Crippen LogP contribution is 2.24. The first-order chi connectivity index (χ1) is 9.11. The maximum Gasteiger partial charge on any atom is 0.268 e. The molecule has 100 valence electrons. The van der Waals surface area contributed by atoms with Gasteiger partial charge in [-0.1, -0.05) is 23.7 Å². The van der Waals surface area contributed by atoms with E-state index < -0.39 is 5.91 Å². The first-order valence-corrected chi connectivity index (χ1v) is 5.97. The van der Waals surface area contributed by atoms with E-state index in [0.717, 1.165) is 0 Å². The summed E-state index contributed by atoms with van der Waals surface area (Å²) in [5, 5.41) is 0.519. The summed E-state index contributed by atoms with van der Waals surface area (Å²) in [5.41, 5.74) is 2.45. The molecule has 6 heteroatoms. The Labute approximate surface area is 115 Å². The topological polar surface area (TPSA) is 77.5 Å². The van der Waals surface area contributed by atoms with Gasteiger partial charge in [-0.05, 0) is 25.1 Å². The van der Waals surface area contributed by atoms with Gasteiger partial charge < -0.3 is 9.15 Å². The molecule has 0 atom stereocenters. The number of benzene rings is 1. The van der Waals surface area contributed by atoms with Crippen molar-refractivity contribution < 1.29 is 13.9 Å². The van der Waals surface area contributed by atoms with Gasteiger partial charge >= 0.3 is 0 Å². The summed E-state index contributed by atoms with van der Waals surface area (Å²) in [6.45, 7) is 1.87. The fourth-order valence-corrected chi connectivity index (χ4v) is 1.82. The van der Waals surface area contributed by atoms with Gasteiger partial charge in [0, 0.05) is 0 Å². The smallest absolute Gasteiger partial charge is 0.268 e. The minimum Gasteiger partial charge on any atom is -0.484 e. The highest BCUT2D eigenvalue weighted by Gasteiger charge is 2.14. The lowest BCUT2D eigenvalue weighted by atomic mass is 10.2. The molecule has 0 radical (unpaired) electrons. The monoisotopic (exact) mass is 280 g/mol. The predicted molar refractivity (Wildman–Crippen MR) is 70.9 cm³/mol. The lowest BCUT2D eigenvalue weighted by Gasteiger charge is -2.05. The Morgan fingerprint density at radius 2 is 2.21 bits per heavy atom. The van der Waals surface area contributed by atoms with Crippen molar-refractivity contribution >= 4 is 17.5 Å². The number of ether oxygens (including phenoxy) is 1. The molecule has 0 aliphatic heterocycles. The molecule has 0 saturated heterocycles. The Morgan fingerprint density at radius 1 is 1.47 bits per heavy atom. The molecular weight excluding hydrogens is 268 g/mol. The van der Waals surface area contributed by atoms with Crippen LogP contribution in [0.3, 0.4) is 0 Å². The van der Waals surface area contributed by atoms with E-state index >= 15 is 0 Å². The van der Waals surface area contributed by atoms with Crippen molar-refractivity contribution in [2.75, 3.05) is 0 Å². The van der Waals surface area contributed by atoms with E-state index in [-0.39, 0.29) is 6.61 Å². The van der Waals surface area contributed by atoms with E-state index in [2.05, 4.69) is 5.43 Å². The van der Waals surface area contributed by atoms with E-state index in [9.17, 15) is 4.79 Å². The molecule has 5 nitrogen and oxygen atoms in total. The zero-order chi connectivity index (χ0) is 13.8. The van der Waals surface area contributed by atoms with E-state index in [1.165, 1.54) is 0 Å². The third-order valence-electron chi connectivity index (χ3n) is 2.55. The van der Waals surface area contributed by atoms with Crippen LogP contribution >= 0.6 is 11.6 Å². The van der Waals surface area contributed by atoms with Crippen LogP contribution < -0.4 is 16.0 Å². The number of nitrogen functional groups attached to an aromatic ring is 1. The largest absolute Gasteiger partial charge is 0.484 e. The van der Waals surface area contributed by atoms with E-state index in [0.29, 0.717) is 27.9 Å². The maximum atomic E-state index is 11.4. The first kappa shape index (κ1) is 13.5. The molecule has 0 unspecified atom stereocenters. The van der Waals surface area contributed by atoms with Crippen LogP contribution in [0.15, 0.2) is 34.7 Å². The molecule has 2 rings (SSSR count). The molecule has 1 aromatic heterocycles. The van der Waals surface area contributed by atoms with Crippen molar-refractivity contribution in [2.45, 2.75) is 13.5 Å². The first-order valence-electron chi connectivity index (χ1n) is 5.59. The quantitative estimate of drug-likeness (QED) is 0.512. The summed E-state index contributed by atoms with van der Waals surface area (Å²) in [4.78, 5) is 11.4. The zero-order valence-corrected chi connectivity index (χ0v) is 11.0. The normalized spacial score (nSPS) is 10.3. The lowest BCUT2D eigenvalue weighted by Crippen LogP contribution is -2.30. The van der Waals surface area contributed by atoms with Crippen molar-refractivity contribution in [2.24, 2.45) is 5.84 Å². The van der Waals surface area contributed by atoms with Gasteiger partial charge in [0.2, 0.25) is 0 Å². The van der Waals surface area contributed by atoms with Crippen LogP contribution in [0.2, 0.25) is 5.02 Å². The van der Waals surface area contributed by atoms with Crippen LogP contribution in [0, 0.1) is 6.92 Å². The van der Waals surface area contributed by atoms with Crippen molar-refractivity contribution in [3.63, 3.8) is 0 Å². The van der Waals surface area contributed by atoms with Gasteiger partial charge in [-0.3, -0.25) is 10.2 Å². The number of hydrogen-bond donors (Lipinski definition) is 2. The summed E-state index contributed by atoms with van der Waals surface area (Å²) in [7, 11) is 0. The minimum atomic E-state index is -0.398. The number of hydrogen-bond acceptors (Lipinski definition) is 4. The van der Waals surface area contributed by atoms with Gasteiger partial charge in [0.1, 0.15) is 23.9 Å². The van der Waals surface area contributed by atoms with Gasteiger partial charge in [0.15, 0.2) is 0 Å². The third-order valence-corrected chi connectivity index (χ3v) is 2.86. The van der Waals surface area contributed by atoms with Gasteiger partial charge in [0.25, 0.3) is 5.91 Å². The van der Waals surface area contributed by atoms with Crippen molar-refractivity contribution in [3.8, 4) is 5.75 Å². The second-order valence-corrected chi connectivity index (χ2v) is 4.28. The van der Waals surface area contributed by atoms with Crippen molar-refractivity contribution in [3.05, 3.63) is 52.4 Å². The molecule has 2 aromatic rings. The molecule has 0 aliphatic carbocycles. The Balaban J connectivity index is 2.09. The molecule has 0 bridgehead atoms. The lowest BCUT2D eigenvalue weighted by molar-refractivity contribution is 0.0952. The van der Waals surface area contributed by atoms with Gasteiger partial charge in [-0.15, -0.1) is 0 Å². The van der Waals surface area contributed by atoms with E-state index in [4.69, 9.17) is 26.6 Å². The molecule has 3 N–H and O–H groups in total. The highest BCUT2D eigenvalue weighted by atomic mass is 35.5. The standard InChI is InChI=1S/C13H13ClN2O3/c1-8-10(13(17)16-15)6-9(19-8)7-18-12-5-3-2-4-11(12)14/h2-6H,7,15H2,1H3,(H,16,17). The number of aryl methyl sites for hydroxylation is 1. The van der Waals surface area contributed by atoms with E-state index in [1.54, 1.807) is 25.1 Å². The molecule has 0 spiro atoms. The molecular formula is C13H13ClN2O3. The van der Waals surface area contributed by atoms with Crippen LogP contribution in [-0.4, -0.2) is 5.91 Å². The Hall–Kier alpha value is -1.98. The number of nitrogens with one attached hydrogen (secondary N) is 1. The number of carbonyl (C=O) groups is 1. The number of carbonyl (C=O) groups excluding carboxylic acids is 1. The molecule has 0 saturated carbocycles. The molecule has 19 heavy (non-hydrogen) atoms. The van der Waals surface area contributed by atoms with Gasteiger partial charge in [-0.2, -0.15) is 0 Å². The summed E-state index contributed by atoms with van der Waals surface area (Å²) in [6.07, 6.45) is 0. The summed E-state index contributed by atoms with van der Waals surface area (Å²) in [6, 6.07) is 8.72. The fraction of sp³-hybridized carbons (Fsp3) is 0.154. The minimum absolute atomic E-state index is 0.183. The maximum absolute atomic E-state index is 11.4. The van der Waals surface area contributed by atoms with Crippen LogP contribution in [0.4, 0.5) is 0 Å². The predicted octanol–water partition coefficient (Wildman–Crippen LogP) is 2.42. The Bertz CT molecular complexity index is 595. The summed E-state index contributed by atoms with van der Waals surface area (Å²) < 4.78 is 10.9. The second-order valence-electron chi connectivity index (χ2n) is 3.88. The SMILES string of the molecule is Cc1oc(COc2ccccc2Cl)cc1C(=O)NN. The summed E-state index contributed by atoms with van der Waals surface area (Å²) >= 11 is 5.96. The second kappa shape index (κ2) is 5.77. The average Bonchev–Trinajstić information content (AvgIpc) is 2.78. The Kier molecular flexibility index (Phi) is 4.09. The highest BCUT2D eigenvalue weighted by molar-refractivity contribution is 6.32. The van der Waals surface area contributed by atoms with Crippen LogP contribution in [0.5, 0.6) is 5.75 Å². The van der Waals surface area contributed by atoms with Crippen LogP contribution in [0.1, 0.15) is 21.9 Å². The number of hydrazine groups is 1. The molecule has 1 amide bonds.